The van der Waals surface area contributed by atoms with Crippen molar-refractivity contribution >= 4 is 34.8 Å². The van der Waals surface area contributed by atoms with Gasteiger partial charge in [-0.05, 0) is 93.2 Å². The molecule has 0 spiro atoms. The Kier molecular flexibility index (Phi) is 7.02. The predicted octanol–water partition coefficient (Wildman–Crippen LogP) is 5.69. The number of benzene rings is 1. The van der Waals surface area contributed by atoms with E-state index in [0.29, 0.717) is 23.0 Å². The van der Waals surface area contributed by atoms with E-state index in [9.17, 15) is 9.59 Å². The molecule has 0 bridgehead atoms. The Bertz CT molecular complexity index is 937. The van der Waals surface area contributed by atoms with E-state index in [2.05, 4.69) is 16.7 Å². The molecule has 2 amide bonds. The van der Waals surface area contributed by atoms with Crippen LogP contribution in [0.1, 0.15) is 74.6 Å². The van der Waals surface area contributed by atoms with Gasteiger partial charge in [0.1, 0.15) is 0 Å². The van der Waals surface area contributed by atoms with Crippen LogP contribution in [0.4, 0.5) is 0 Å². The molecule has 1 heterocycles. The van der Waals surface area contributed by atoms with Gasteiger partial charge in [0, 0.05) is 28.0 Å². The summed E-state index contributed by atoms with van der Waals surface area (Å²) < 4.78 is 0. The second kappa shape index (κ2) is 9.74. The Balaban J connectivity index is 1.41. The molecule has 4 nitrogen and oxygen atoms in total. The third kappa shape index (κ3) is 5.69. The molecule has 0 saturated heterocycles. The van der Waals surface area contributed by atoms with Crippen LogP contribution in [0.3, 0.4) is 0 Å². The molecule has 2 fully saturated rings. The first-order valence-electron chi connectivity index (χ1n) is 11.3. The summed E-state index contributed by atoms with van der Waals surface area (Å²) in [7, 11) is 0. The third-order valence-electron chi connectivity index (χ3n) is 6.56. The fraction of sp³-hybridized carbons (Fsp3) is 0.520. The van der Waals surface area contributed by atoms with Gasteiger partial charge in [0.2, 0.25) is 0 Å². The minimum absolute atomic E-state index is 0.0388. The molecule has 1 aromatic heterocycles. The van der Waals surface area contributed by atoms with Crippen molar-refractivity contribution in [2.75, 3.05) is 6.54 Å². The number of thiophene rings is 1. The van der Waals surface area contributed by atoms with Gasteiger partial charge >= 0.3 is 0 Å². The van der Waals surface area contributed by atoms with Crippen molar-refractivity contribution in [2.45, 2.75) is 64.8 Å². The maximum absolute atomic E-state index is 13.1. The molecular weight excluding hydrogens is 428 g/mol. The van der Waals surface area contributed by atoms with Gasteiger partial charge < -0.3 is 10.6 Å². The highest BCUT2D eigenvalue weighted by Crippen LogP contribution is 2.34. The van der Waals surface area contributed by atoms with Crippen LogP contribution >= 0.6 is 22.9 Å². The molecule has 4 rings (SSSR count). The highest BCUT2D eigenvalue weighted by molar-refractivity contribution is 7.14. The molecule has 2 saturated carbocycles. The molecule has 2 aliphatic carbocycles. The average Bonchev–Trinajstić information content (AvgIpc) is 3.16. The Morgan fingerprint density at radius 2 is 1.74 bits per heavy atom. The first-order chi connectivity index (χ1) is 14.9. The lowest BCUT2D eigenvalue weighted by molar-refractivity contribution is 0.0893. The minimum atomic E-state index is -0.0827. The summed E-state index contributed by atoms with van der Waals surface area (Å²) in [5.74, 6) is 1.09. The summed E-state index contributed by atoms with van der Waals surface area (Å²) in [6.07, 6.45) is 8.26. The van der Waals surface area contributed by atoms with Crippen LogP contribution in [-0.2, 0) is 6.42 Å². The van der Waals surface area contributed by atoms with Gasteiger partial charge in [-0.1, -0.05) is 24.4 Å². The van der Waals surface area contributed by atoms with Crippen molar-refractivity contribution < 1.29 is 9.59 Å². The maximum atomic E-state index is 13.1. The topological polar surface area (TPSA) is 58.2 Å². The zero-order valence-electron chi connectivity index (χ0n) is 18.3. The fourth-order valence-corrected chi connectivity index (χ4v) is 6.08. The minimum Gasteiger partial charge on any atom is -0.349 e. The molecule has 6 heteroatoms. The second-order valence-corrected chi connectivity index (χ2v) is 10.8. The van der Waals surface area contributed by atoms with Gasteiger partial charge in [0.05, 0.1) is 4.88 Å². The molecule has 0 aliphatic heterocycles. The van der Waals surface area contributed by atoms with Crippen LogP contribution < -0.4 is 10.6 Å². The first-order valence-corrected chi connectivity index (χ1v) is 12.5. The molecule has 0 radical (unpaired) electrons. The standard InChI is InChI=1S/C25H31ClN2O2S/c1-15-11-19(26)12-16(2)23(15)25(30)28-21(18-5-3-4-6-18)14-27-24(29)22-10-9-20(31-22)13-17-7-8-17/h9-12,17-18,21H,3-8,13-14H2,1-2H3,(H,27,29)(H,28,30). The van der Waals surface area contributed by atoms with Gasteiger partial charge in [0.25, 0.3) is 11.8 Å². The monoisotopic (exact) mass is 458 g/mol. The zero-order valence-corrected chi connectivity index (χ0v) is 19.9. The fourth-order valence-electron chi connectivity index (χ4n) is 4.71. The van der Waals surface area contributed by atoms with E-state index >= 15 is 0 Å². The number of rotatable bonds is 8. The number of hydrogen-bond donors (Lipinski definition) is 2. The van der Waals surface area contributed by atoms with Gasteiger partial charge in [0.15, 0.2) is 0 Å². The summed E-state index contributed by atoms with van der Waals surface area (Å²) in [6.45, 7) is 4.28. The number of carbonyl (C=O) groups excluding carboxylic acids is 2. The van der Waals surface area contributed by atoms with E-state index < -0.39 is 0 Å². The van der Waals surface area contributed by atoms with Crippen molar-refractivity contribution in [3.63, 3.8) is 0 Å². The molecule has 31 heavy (non-hydrogen) atoms. The van der Waals surface area contributed by atoms with E-state index in [-0.39, 0.29) is 17.9 Å². The summed E-state index contributed by atoms with van der Waals surface area (Å²) >= 11 is 7.73. The zero-order chi connectivity index (χ0) is 22.0. The largest absolute Gasteiger partial charge is 0.349 e. The summed E-state index contributed by atoms with van der Waals surface area (Å²) in [5.41, 5.74) is 2.43. The van der Waals surface area contributed by atoms with E-state index in [4.69, 9.17) is 11.6 Å². The van der Waals surface area contributed by atoms with E-state index in [1.54, 1.807) is 11.3 Å². The van der Waals surface area contributed by atoms with Crippen molar-refractivity contribution in [1.29, 1.82) is 0 Å². The van der Waals surface area contributed by atoms with Gasteiger partial charge in [-0.2, -0.15) is 0 Å². The van der Waals surface area contributed by atoms with Crippen LogP contribution in [0.25, 0.3) is 0 Å². The molecule has 1 atom stereocenters. The molecule has 1 aromatic carbocycles. The summed E-state index contributed by atoms with van der Waals surface area (Å²) in [4.78, 5) is 27.9. The lowest BCUT2D eigenvalue weighted by Gasteiger charge is -2.26. The molecule has 1 unspecified atom stereocenters. The second-order valence-electron chi connectivity index (χ2n) is 9.16. The van der Waals surface area contributed by atoms with Crippen molar-refractivity contribution in [3.8, 4) is 0 Å². The van der Waals surface area contributed by atoms with Gasteiger partial charge in [-0.15, -0.1) is 11.3 Å². The normalized spacial score (nSPS) is 17.5. The lowest BCUT2D eigenvalue weighted by Crippen LogP contribution is -2.47. The lowest BCUT2D eigenvalue weighted by atomic mass is 9.96. The van der Waals surface area contributed by atoms with Crippen molar-refractivity contribution in [3.05, 3.63) is 55.7 Å². The van der Waals surface area contributed by atoms with Crippen molar-refractivity contribution in [2.24, 2.45) is 11.8 Å². The summed E-state index contributed by atoms with van der Waals surface area (Å²) in [5, 5.41) is 6.96. The number of halogens is 1. The number of hydrogen-bond acceptors (Lipinski definition) is 3. The van der Waals surface area contributed by atoms with Crippen LogP contribution in [0.2, 0.25) is 5.02 Å². The Labute approximate surface area is 193 Å². The van der Waals surface area contributed by atoms with Crippen LogP contribution in [0.5, 0.6) is 0 Å². The van der Waals surface area contributed by atoms with E-state index in [1.807, 2.05) is 32.0 Å². The molecule has 2 N–H and O–H groups in total. The average molecular weight is 459 g/mol. The Hall–Kier alpha value is -1.85. The number of aryl methyl sites for hydroxylation is 2. The highest BCUT2D eigenvalue weighted by atomic mass is 35.5. The number of nitrogens with one attached hydrogen (secondary N) is 2. The third-order valence-corrected chi connectivity index (χ3v) is 7.89. The molecular formula is C25H31ClN2O2S. The first kappa shape index (κ1) is 22.3. The Morgan fingerprint density at radius 3 is 2.39 bits per heavy atom. The van der Waals surface area contributed by atoms with Crippen LogP contribution in [0.15, 0.2) is 24.3 Å². The van der Waals surface area contributed by atoms with E-state index in [1.165, 1.54) is 30.6 Å². The summed E-state index contributed by atoms with van der Waals surface area (Å²) in [6, 6.07) is 7.60. The van der Waals surface area contributed by atoms with Gasteiger partial charge in [-0.25, -0.2) is 0 Å². The van der Waals surface area contributed by atoms with E-state index in [0.717, 1.165) is 41.2 Å². The molecule has 2 aliphatic rings. The van der Waals surface area contributed by atoms with Crippen molar-refractivity contribution in [1.82, 2.24) is 10.6 Å². The van der Waals surface area contributed by atoms with Gasteiger partial charge in [-0.3, -0.25) is 9.59 Å². The number of carbonyl (C=O) groups is 2. The molecule has 166 valence electrons. The maximum Gasteiger partial charge on any atom is 0.261 e. The SMILES string of the molecule is Cc1cc(Cl)cc(C)c1C(=O)NC(CNC(=O)c1ccc(CC2CC2)s1)C1CCCC1. The Morgan fingerprint density at radius 1 is 1.06 bits per heavy atom. The molecule has 2 aromatic rings. The van der Waals surface area contributed by atoms with Crippen LogP contribution in [0, 0.1) is 25.7 Å². The number of amides is 2. The van der Waals surface area contributed by atoms with Crippen LogP contribution in [-0.4, -0.2) is 24.4 Å². The highest BCUT2D eigenvalue weighted by Gasteiger charge is 2.28. The quantitative estimate of drug-likeness (QED) is 0.533. The smallest absolute Gasteiger partial charge is 0.261 e. The predicted molar refractivity (Wildman–Crippen MR) is 127 cm³/mol.